The molecule has 0 radical (unpaired) electrons. The molecule has 0 fully saturated rings. The van der Waals surface area contributed by atoms with Gasteiger partial charge in [-0.05, 0) is 25.3 Å². The lowest BCUT2D eigenvalue weighted by Crippen LogP contribution is -2.37. The Bertz CT molecular complexity index is 452. The average molecular weight is 277 g/mol. The van der Waals surface area contributed by atoms with E-state index in [4.69, 9.17) is 0 Å². The Kier molecular flexibility index (Phi) is 5.74. The maximum atomic E-state index is 12.1. The van der Waals surface area contributed by atoms with Crippen LogP contribution in [0.2, 0.25) is 0 Å². The maximum Gasteiger partial charge on any atom is 0.310 e. The van der Waals surface area contributed by atoms with E-state index < -0.39 is 11.4 Å². The first-order valence-electron chi connectivity index (χ1n) is 7.03. The zero-order valence-electron chi connectivity index (χ0n) is 12.3. The Labute approximate surface area is 120 Å². The maximum absolute atomic E-state index is 12.1. The standard InChI is InChI=1S/C16H23NO3/c1-4-16(5-2,15(19)20)11-14(18)17-12(3)13-9-7-6-8-10-13/h6-10,12H,4-5,11H2,1-3H3,(H,17,18)(H,19,20)/t12-/m1/s1. The molecule has 0 saturated heterocycles. The lowest BCUT2D eigenvalue weighted by molar-refractivity contribution is -0.152. The van der Waals surface area contributed by atoms with E-state index >= 15 is 0 Å². The number of carbonyl (C=O) groups excluding carboxylic acids is 1. The van der Waals surface area contributed by atoms with Gasteiger partial charge in [0.2, 0.25) is 5.91 Å². The van der Waals surface area contributed by atoms with Crippen LogP contribution < -0.4 is 5.32 Å². The summed E-state index contributed by atoms with van der Waals surface area (Å²) in [6, 6.07) is 9.50. The predicted octanol–water partition coefficient (Wildman–Crippen LogP) is 3.14. The van der Waals surface area contributed by atoms with E-state index in [1.54, 1.807) is 0 Å². The summed E-state index contributed by atoms with van der Waals surface area (Å²) in [4.78, 5) is 23.5. The first-order valence-corrected chi connectivity index (χ1v) is 7.03. The van der Waals surface area contributed by atoms with Crippen LogP contribution in [0.4, 0.5) is 0 Å². The van der Waals surface area contributed by atoms with Crippen molar-refractivity contribution in [3.63, 3.8) is 0 Å². The Morgan fingerprint density at radius 1 is 1.20 bits per heavy atom. The van der Waals surface area contributed by atoms with Crippen LogP contribution in [-0.4, -0.2) is 17.0 Å². The number of rotatable bonds is 7. The van der Waals surface area contributed by atoms with Crippen molar-refractivity contribution in [2.75, 3.05) is 0 Å². The van der Waals surface area contributed by atoms with E-state index in [0.29, 0.717) is 12.8 Å². The summed E-state index contributed by atoms with van der Waals surface area (Å²) in [6.07, 6.45) is 0.921. The van der Waals surface area contributed by atoms with Gasteiger partial charge in [-0.25, -0.2) is 0 Å². The Hall–Kier alpha value is -1.84. The summed E-state index contributed by atoms with van der Waals surface area (Å²) < 4.78 is 0. The normalized spacial score (nSPS) is 12.8. The number of nitrogens with one attached hydrogen (secondary N) is 1. The van der Waals surface area contributed by atoms with Gasteiger partial charge in [0, 0.05) is 6.42 Å². The molecule has 0 aromatic heterocycles. The van der Waals surface area contributed by atoms with Crippen LogP contribution in [0.15, 0.2) is 30.3 Å². The third-order valence-corrected chi connectivity index (χ3v) is 3.98. The molecule has 0 spiro atoms. The third-order valence-electron chi connectivity index (χ3n) is 3.98. The van der Waals surface area contributed by atoms with E-state index in [1.165, 1.54) is 0 Å². The van der Waals surface area contributed by atoms with Crippen molar-refractivity contribution >= 4 is 11.9 Å². The molecule has 20 heavy (non-hydrogen) atoms. The van der Waals surface area contributed by atoms with Crippen LogP contribution in [0.1, 0.15) is 51.6 Å². The molecule has 4 nitrogen and oxygen atoms in total. The SMILES string of the molecule is CCC(CC)(CC(=O)N[C@H](C)c1ccccc1)C(=O)O. The van der Waals surface area contributed by atoms with Crippen LogP contribution in [0.3, 0.4) is 0 Å². The van der Waals surface area contributed by atoms with Crippen LogP contribution in [0.5, 0.6) is 0 Å². The summed E-state index contributed by atoms with van der Waals surface area (Å²) >= 11 is 0. The van der Waals surface area contributed by atoms with Gasteiger partial charge >= 0.3 is 5.97 Å². The van der Waals surface area contributed by atoms with Crippen molar-refractivity contribution < 1.29 is 14.7 Å². The molecular formula is C16H23NO3. The van der Waals surface area contributed by atoms with Gasteiger partial charge in [0.1, 0.15) is 0 Å². The minimum atomic E-state index is -0.958. The summed E-state index contributed by atoms with van der Waals surface area (Å²) in [5.41, 5.74) is 0.0512. The van der Waals surface area contributed by atoms with Crippen molar-refractivity contribution in [3.8, 4) is 0 Å². The molecule has 1 atom stereocenters. The van der Waals surface area contributed by atoms with Gasteiger partial charge in [-0.15, -0.1) is 0 Å². The molecule has 1 aromatic rings. The Balaban J connectivity index is 2.70. The van der Waals surface area contributed by atoms with Crippen LogP contribution in [0, 0.1) is 5.41 Å². The molecule has 0 heterocycles. The number of carboxylic acids is 1. The molecule has 4 heteroatoms. The van der Waals surface area contributed by atoms with Gasteiger partial charge in [0.05, 0.1) is 11.5 Å². The first-order chi connectivity index (χ1) is 9.45. The summed E-state index contributed by atoms with van der Waals surface area (Å²) in [5, 5.41) is 12.2. The number of hydrogen-bond acceptors (Lipinski definition) is 2. The second-order valence-electron chi connectivity index (χ2n) is 5.17. The highest BCUT2D eigenvalue weighted by Gasteiger charge is 2.37. The molecule has 1 rings (SSSR count). The highest BCUT2D eigenvalue weighted by atomic mass is 16.4. The number of carbonyl (C=O) groups is 2. The molecule has 0 unspecified atom stereocenters. The van der Waals surface area contributed by atoms with Gasteiger partial charge in [-0.3, -0.25) is 9.59 Å². The lowest BCUT2D eigenvalue weighted by Gasteiger charge is -2.26. The van der Waals surface area contributed by atoms with Crippen molar-refractivity contribution in [1.82, 2.24) is 5.32 Å². The fourth-order valence-electron chi connectivity index (χ4n) is 2.30. The van der Waals surface area contributed by atoms with Crippen molar-refractivity contribution in [2.45, 2.75) is 46.1 Å². The predicted molar refractivity (Wildman–Crippen MR) is 78.3 cm³/mol. The summed E-state index contributed by atoms with van der Waals surface area (Å²) in [6.45, 7) is 5.52. The molecule has 2 N–H and O–H groups in total. The number of amides is 1. The molecule has 0 bridgehead atoms. The third kappa shape index (κ3) is 3.83. The number of hydrogen-bond donors (Lipinski definition) is 2. The number of benzene rings is 1. The van der Waals surface area contributed by atoms with Gasteiger partial charge in [-0.2, -0.15) is 0 Å². The smallest absolute Gasteiger partial charge is 0.310 e. The largest absolute Gasteiger partial charge is 0.481 e. The number of aliphatic carboxylic acids is 1. The second kappa shape index (κ2) is 7.08. The highest BCUT2D eigenvalue weighted by molar-refractivity contribution is 5.85. The molecule has 0 aliphatic carbocycles. The van der Waals surface area contributed by atoms with E-state index in [1.807, 2.05) is 51.1 Å². The monoisotopic (exact) mass is 277 g/mol. The molecule has 1 amide bonds. The van der Waals surface area contributed by atoms with E-state index in [0.717, 1.165) is 5.56 Å². The Morgan fingerprint density at radius 2 is 1.75 bits per heavy atom. The van der Waals surface area contributed by atoms with Gasteiger partial charge < -0.3 is 10.4 Å². The van der Waals surface area contributed by atoms with Crippen LogP contribution in [-0.2, 0) is 9.59 Å². The molecule has 0 saturated carbocycles. The van der Waals surface area contributed by atoms with Gasteiger partial charge in [0.25, 0.3) is 0 Å². The van der Waals surface area contributed by atoms with Crippen molar-refractivity contribution in [1.29, 1.82) is 0 Å². The molecule has 1 aromatic carbocycles. The summed E-state index contributed by atoms with van der Waals surface area (Å²) in [7, 11) is 0. The zero-order valence-corrected chi connectivity index (χ0v) is 12.3. The van der Waals surface area contributed by atoms with Crippen LogP contribution >= 0.6 is 0 Å². The van der Waals surface area contributed by atoms with E-state index in [9.17, 15) is 14.7 Å². The molecular weight excluding hydrogens is 254 g/mol. The van der Waals surface area contributed by atoms with Gasteiger partial charge in [0.15, 0.2) is 0 Å². The van der Waals surface area contributed by atoms with Gasteiger partial charge in [-0.1, -0.05) is 44.2 Å². The second-order valence-corrected chi connectivity index (χ2v) is 5.17. The van der Waals surface area contributed by atoms with E-state index in [2.05, 4.69) is 5.32 Å². The molecule has 0 aliphatic heterocycles. The zero-order chi connectivity index (χ0) is 15.2. The fourth-order valence-corrected chi connectivity index (χ4v) is 2.30. The van der Waals surface area contributed by atoms with Crippen molar-refractivity contribution in [2.24, 2.45) is 5.41 Å². The minimum absolute atomic E-state index is 0.0203. The number of carboxylic acid groups (broad SMARTS) is 1. The fraction of sp³-hybridized carbons (Fsp3) is 0.500. The molecule has 0 aliphatic rings. The quantitative estimate of drug-likeness (QED) is 0.804. The highest BCUT2D eigenvalue weighted by Crippen LogP contribution is 2.31. The first kappa shape index (κ1) is 16.2. The molecule has 110 valence electrons. The van der Waals surface area contributed by atoms with Crippen molar-refractivity contribution in [3.05, 3.63) is 35.9 Å². The van der Waals surface area contributed by atoms with Crippen LogP contribution in [0.25, 0.3) is 0 Å². The minimum Gasteiger partial charge on any atom is -0.481 e. The summed E-state index contributed by atoms with van der Waals surface area (Å²) in [5.74, 6) is -1.11. The topological polar surface area (TPSA) is 66.4 Å². The Morgan fingerprint density at radius 3 is 2.20 bits per heavy atom. The lowest BCUT2D eigenvalue weighted by atomic mass is 9.79. The van der Waals surface area contributed by atoms with E-state index in [-0.39, 0.29) is 18.4 Å². The average Bonchev–Trinajstić information content (AvgIpc) is 2.45.